The molecule has 19 heavy (non-hydrogen) atoms. The van der Waals surface area contributed by atoms with E-state index in [9.17, 15) is 4.79 Å². The monoisotopic (exact) mass is 366 g/mol. The number of hydrogen-bond donors (Lipinski definition) is 2. The summed E-state index contributed by atoms with van der Waals surface area (Å²) in [5.74, 6) is 0.188. The molecule has 106 valence electrons. The van der Waals surface area contributed by atoms with E-state index < -0.39 is 0 Å². The summed E-state index contributed by atoms with van der Waals surface area (Å²) in [7, 11) is 0. The van der Waals surface area contributed by atoms with Gasteiger partial charge in [-0.05, 0) is 60.4 Å². The zero-order chi connectivity index (χ0) is 13.1. The van der Waals surface area contributed by atoms with Gasteiger partial charge in [0.15, 0.2) is 0 Å². The number of hydrogen-bond acceptors (Lipinski definition) is 2. The van der Waals surface area contributed by atoms with Gasteiger partial charge in [0.1, 0.15) is 0 Å². The number of halogens is 3. The third kappa shape index (κ3) is 4.63. The summed E-state index contributed by atoms with van der Waals surface area (Å²) in [6.07, 6.45) is 1.78. The fraction of sp³-hybridized carbons (Fsp3) is 0.462. The maximum atomic E-state index is 12.1. The molecule has 0 spiro atoms. The van der Waals surface area contributed by atoms with E-state index in [2.05, 4.69) is 33.5 Å². The van der Waals surface area contributed by atoms with E-state index in [0.29, 0.717) is 11.1 Å². The summed E-state index contributed by atoms with van der Waals surface area (Å²) in [6, 6.07) is 5.82. The number of benzene rings is 1. The van der Waals surface area contributed by atoms with Crippen LogP contribution in [0, 0.1) is 5.92 Å². The van der Waals surface area contributed by atoms with Gasteiger partial charge < -0.3 is 10.6 Å². The van der Waals surface area contributed by atoms with Crippen molar-refractivity contribution in [1.29, 1.82) is 0 Å². The van der Waals surface area contributed by atoms with Crippen molar-refractivity contribution >= 4 is 51.5 Å². The predicted octanol–water partition coefficient (Wildman–Crippen LogP) is 3.85. The number of nitrogens with one attached hydrogen (secondary N) is 2. The van der Waals surface area contributed by atoms with Gasteiger partial charge in [-0.3, -0.25) is 4.79 Å². The second kappa shape index (κ2) is 7.48. The third-order valence-corrected chi connectivity index (χ3v) is 4.40. The molecule has 1 aromatic carbocycles. The molecule has 1 aliphatic rings. The van der Waals surface area contributed by atoms with Crippen LogP contribution >= 0.6 is 39.9 Å². The molecule has 2 N–H and O–H groups in total. The van der Waals surface area contributed by atoms with Crippen LogP contribution in [-0.4, -0.2) is 18.5 Å². The SMILES string of the molecule is C[C@H]1C[C@@H](C(=O)Nc2ccc(Cl)c(Br)c2)CCN1.Cl. The third-order valence-electron chi connectivity index (χ3n) is 3.18. The molecule has 0 unspecified atom stereocenters. The van der Waals surface area contributed by atoms with Crippen LogP contribution in [0.3, 0.4) is 0 Å². The Kier molecular flexibility index (Phi) is 6.60. The van der Waals surface area contributed by atoms with Gasteiger partial charge in [0.05, 0.1) is 5.02 Å². The lowest BCUT2D eigenvalue weighted by Gasteiger charge is -2.27. The Morgan fingerprint density at radius 3 is 2.89 bits per heavy atom. The molecule has 2 atom stereocenters. The van der Waals surface area contributed by atoms with E-state index in [1.807, 2.05) is 12.1 Å². The minimum Gasteiger partial charge on any atom is -0.326 e. The zero-order valence-corrected chi connectivity index (χ0v) is 13.7. The van der Waals surface area contributed by atoms with Crippen LogP contribution in [0.1, 0.15) is 19.8 Å². The number of carbonyl (C=O) groups is 1. The fourth-order valence-corrected chi connectivity index (χ4v) is 2.68. The Bertz CT molecular complexity index is 456. The van der Waals surface area contributed by atoms with Crippen molar-refractivity contribution in [3.8, 4) is 0 Å². The van der Waals surface area contributed by atoms with Crippen molar-refractivity contribution in [2.75, 3.05) is 11.9 Å². The normalized spacial score (nSPS) is 22.5. The van der Waals surface area contributed by atoms with Crippen LogP contribution < -0.4 is 10.6 Å². The molecule has 1 amide bonds. The molecule has 0 aromatic heterocycles. The highest BCUT2D eigenvalue weighted by Crippen LogP contribution is 2.26. The van der Waals surface area contributed by atoms with Gasteiger partial charge >= 0.3 is 0 Å². The highest BCUT2D eigenvalue weighted by molar-refractivity contribution is 9.10. The van der Waals surface area contributed by atoms with E-state index in [1.54, 1.807) is 6.07 Å². The minimum atomic E-state index is 0. The summed E-state index contributed by atoms with van der Waals surface area (Å²) >= 11 is 9.27. The van der Waals surface area contributed by atoms with Crippen molar-refractivity contribution in [2.24, 2.45) is 5.92 Å². The van der Waals surface area contributed by atoms with Crippen LogP contribution in [0.15, 0.2) is 22.7 Å². The average molecular weight is 368 g/mol. The Hall–Kier alpha value is -0.290. The van der Waals surface area contributed by atoms with E-state index in [1.165, 1.54) is 0 Å². The van der Waals surface area contributed by atoms with E-state index in [4.69, 9.17) is 11.6 Å². The van der Waals surface area contributed by atoms with Gasteiger partial charge in [-0.25, -0.2) is 0 Å². The van der Waals surface area contributed by atoms with Crippen molar-refractivity contribution in [1.82, 2.24) is 5.32 Å². The lowest BCUT2D eigenvalue weighted by Crippen LogP contribution is -2.40. The number of carbonyl (C=O) groups excluding carboxylic acids is 1. The molecule has 1 aromatic rings. The number of piperidine rings is 1. The van der Waals surface area contributed by atoms with Crippen molar-refractivity contribution < 1.29 is 4.79 Å². The first-order valence-electron chi connectivity index (χ1n) is 6.05. The van der Waals surface area contributed by atoms with Crippen molar-refractivity contribution in [3.63, 3.8) is 0 Å². The van der Waals surface area contributed by atoms with Crippen LogP contribution in [0.4, 0.5) is 5.69 Å². The quantitative estimate of drug-likeness (QED) is 0.833. The summed E-state index contributed by atoms with van der Waals surface area (Å²) in [5, 5.41) is 6.93. The lowest BCUT2D eigenvalue weighted by atomic mass is 9.92. The van der Waals surface area contributed by atoms with E-state index in [-0.39, 0.29) is 24.2 Å². The molecule has 3 nitrogen and oxygen atoms in total. The lowest BCUT2D eigenvalue weighted by molar-refractivity contribution is -0.120. The Morgan fingerprint density at radius 1 is 1.53 bits per heavy atom. The molecule has 0 saturated carbocycles. The molecule has 1 aliphatic heterocycles. The van der Waals surface area contributed by atoms with Gasteiger partial charge in [-0.2, -0.15) is 0 Å². The predicted molar refractivity (Wildman–Crippen MR) is 85.2 cm³/mol. The molecule has 2 rings (SSSR count). The van der Waals surface area contributed by atoms with Crippen LogP contribution in [-0.2, 0) is 4.79 Å². The first-order valence-corrected chi connectivity index (χ1v) is 7.22. The molecular formula is C13H17BrCl2N2O. The molecule has 0 bridgehead atoms. The largest absolute Gasteiger partial charge is 0.326 e. The summed E-state index contributed by atoms with van der Waals surface area (Å²) in [5.41, 5.74) is 0.780. The van der Waals surface area contributed by atoms with Gasteiger partial charge in [-0.15, -0.1) is 12.4 Å². The Labute approximate surface area is 133 Å². The van der Waals surface area contributed by atoms with Gasteiger partial charge in [0.25, 0.3) is 0 Å². The maximum Gasteiger partial charge on any atom is 0.227 e. The second-order valence-electron chi connectivity index (χ2n) is 4.69. The molecule has 0 aliphatic carbocycles. The number of anilines is 1. The first kappa shape index (κ1) is 16.8. The van der Waals surface area contributed by atoms with Crippen LogP contribution in [0.25, 0.3) is 0 Å². The standard InChI is InChI=1S/C13H16BrClN2O.ClH/c1-8-6-9(4-5-16-8)13(18)17-10-2-3-12(15)11(14)7-10;/h2-3,7-9,16H,4-6H2,1H3,(H,17,18);1H/t8-,9-;/m0./s1. The van der Waals surface area contributed by atoms with E-state index >= 15 is 0 Å². The molecule has 1 heterocycles. The smallest absolute Gasteiger partial charge is 0.227 e. The summed E-state index contributed by atoms with van der Waals surface area (Å²) in [6.45, 7) is 3.02. The van der Waals surface area contributed by atoms with Crippen molar-refractivity contribution in [3.05, 3.63) is 27.7 Å². The summed E-state index contributed by atoms with van der Waals surface area (Å²) in [4.78, 5) is 12.1. The Morgan fingerprint density at radius 2 is 2.26 bits per heavy atom. The highest BCUT2D eigenvalue weighted by atomic mass is 79.9. The number of rotatable bonds is 2. The highest BCUT2D eigenvalue weighted by Gasteiger charge is 2.24. The Balaban J connectivity index is 0.00000180. The topological polar surface area (TPSA) is 41.1 Å². The molecule has 1 fully saturated rings. The fourth-order valence-electron chi connectivity index (χ4n) is 2.19. The molecule has 1 saturated heterocycles. The maximum absolute atomic E-state index is 12.1. The number of amides is 1. The van der Waals surface area contributed by atoms with E-state index in [0.717, 1.165) is 29.5 Å². The van der Waals surface area contributed by atoms with Gasteiger partial charge in [-0.1, -0.05) is 11.6 Å². The zero-order valence-electron chi connectivity index (χ0n) is 10.6. The van der Waals surface area contributed by atoms with Gasteiger partial charge in [0, 0.05) is 22.1 Å². The first-order chi connectivity index (χ1) is 8.56. The molecule has 0 radical (unpaired) electrons. The van der Waals surface area contributed by atoms with Crippen molar-refractivity contribution in [2.45, 2.75) is 25.8 Å². The molecular weight excluding hydrogens is 351 g/mol. The molecule has 6 heteroatoms. The minimum absolute atomic E-state index is 0. The van der Waals surface area contributed by atoms with Crippen LogP contribution in [0.5, 0.6) is 0 Å². The summed E-state index contributed by atoms with van der Waals surface area (Å²) < 4.78 is 0.792. The van der Waals surface area contributed by atoms with Gasteiger partial charge in [0.2, 0.25) is 5.91 Å². The van der Waals surface area contributed by atoms with Crippen LogP contribution in [0.2, 0.25) is 5.02 Å². The second-order valence-corrected chi connectivity index (χ2v) is 5.96. The average Bonchev–Trinajstić information content (AvgIpc) is 2.34.